The first kappa shape index (κ1) is 17.4. The van der Waals surface area contributed by atoms with Crippen LogP contribution in [-0.2, 0) is 4.79 Å². The minimum absolute atomic E-state index is 0.167. The summed E-state index contributed by atoms with van der Waals surface area (Å²) in [7, 11) is 4.13. The van der Waals surface area contributed by atoms with Crippen molar-refractivity contribution in [3.05, 3.63) is 0 Å². The predicted molar refractivity (Wildman–Crippen MR) is 84.8 cm³/mol. The number of carbonyl (C=O) groups excluding carboxylic acids is 1. The minimum Gasteiger partial charge on any atom is -0.341 e. The first-order valence-electron chi connectivity index (χ1n) is 8.06. The fraction of sp³-hybridized carbons (Fsp3) is 0.938. The lowest BCUT2D eigenvalue weighted by molar-refractivity contribution is -0.144. The Kier molecular flexibility index (Phi) is 6.96. The number of amides is 1. The van der Waals surface area contributed by atoms with E-state index in [1.807, 2.05) is 0 Å². The topological polar surface area (TPSA) is 35.6 Å². The zero-order chi connectivity index (χ0) is 15.2. The van der Waals surface area contributed by atoms with Gasteiger partial charge in [-0.1, -0.05) is 20.8 Å². The molecule has 20 heavy (non-hydrogen) atoms. The van der Waals surface area contributed by atoms with Gasteiger partial charge < -0.3 is 15.1 Å². The van der Waals surface area contributed by atoms with Crippen LogP contribution >= 0.6 is 0 Å². The van der Waals surface area contributed by atoms with E-state index in [1.165, 1.54) is 0 Å². The fourth-order valence-corrected chi connectivity index (χ4v) is 2.98. The van der Waals surface area contributed by atoms with Gasteiger partial charge in [-0.3, -0.25) is 4.79 Å². The summed E-state index contributed by atoms with van der Waals surface area (Å²) in [4.78, 5) is 17.3. The molecule has 1 fully saturated rings. The molecule has 1 heterocycles. The quantitative estimate of drug-likeness (QED) is 0.774. The molecule has 118 valence electrons. The van der Waals surface area contributed by atoms with Crippen molar-refractivity contribution in [1.29, 1.82) is 0 Å². The molecule has 4 heteroatoms. The molecule has 0 bridgehead atoms. The fourth-order valence-electron chi connectivity index (χ4n) is 2.98. The zero-order valence-corrected chi connectivity index (χ0v) is 14.0. The second kappa shape index (κ2) is 7.99. The van der Waals surface area contributed by atoms with Crippen molar-refractivity contribution in [3.8, 4) is 0 Å². The molecule has 0 saturated carbocycles. The summed E-state index contributed by atoms with van der Waals surface area (Å²) in [5, 5.41) is 3.42. The SMILES string of the molecule is CCC1(C(=O)N(CCN(C)C)CC(C)C)CCCNC1. The first-order valence-corrected chi connectivity index (χ1v) is 8.06. The number of hydrogen-bond acceptors (Lipinski definition) is 3. The van der Waals surface area contributed by atoms with Gasteiger partial charge in [-0.05, 0) is 45.8 Å². The van der Waals surface area contributed by atoms with Crippen LogP contribution in [0.15, 0.2) is 0 Å². The zero-order valence-electron chi connectivity index (χ0n) is 14.0. The van der Waals surface area contributed by atoms with Crippen molar-refractivity contribution in [2.45, 2.75) is 40.0 Å². The summed E-state index contributed by atoms with van der Waals surface area (Å²) in [6, 6.07) is 0. The summed E-state index contributed by atoms with van der Waals surface area (Å²) in [5.41, 5.74) is -0.167. The van der Waals surface area contributed by atoms with Gasteiger partial charge in [0.05, 0.1) is 5.41 Å². The van der Waals surface area contributed by atoms with Gasteiger partial charge in [0.1, 0.15) is 0 Å². The van der Waals surface area contributed by atoms with Crippen molar-refractivity contribution < 1.29 is 4.79 Å². The van der Waals surface area contributed by atoms with E-state index < -0.39 is 0 Å². The Morgan fingerprint density at radius 3 is 2.45 bits per heavy atom. The maximum Gasteiger partial charge on any atom is 0.230 e. The second-order valence-corrected chi connectivity index (χ2v) is 6.86. The highest BCUT2D eigenvalue weighted by atomic mass is 16.2. The monoisotopic (exact) mass is 283 g/mol. The van der Waals surface area contributed by atoms with E-state index in [2.05, 4.69) is 50.0 Å². The van der Waals surface area contributed by atoms with Crippen LogP contribution < -0.4 is 5.32 Å². The maximum absolute atomic E-state index is 13.1. The second-order valence-electron chi connectivity index (χ2n) is 6.86. The largest absolute Gasteiger partial charge is 0.341 e. The summed E-state index contributed by atoms with van der Waals surface area (Å²) < 4.78 is 0. The van der Waals surface area contributed by atoms with Crippen molar-refractivity contribution in [2.75, 3.05) is 46.8 Å². The van der Waals surface area contributed by atoms with Gasteiger partial charge in [0.15, 0.2) is 0 Å². The molecule has 0 aromatic heterocycles. The molecule has 0 aromatic carbocycles. The molecule has 1 rings (SSSR count). The molecule has 0 radical (unpaired) electrons. The van der Waals surface area contributed by atoms with Crippen molar-refractivity contribution >= 4 is 5.91 Å². The van der Waals surface area contributed by atoms with Crippen LogP contribution in [0.25, 0.3) is 0 Å². The van der Waals surface area contributed by atoms with Crippen molar-refractivity contribution in [3.63, 3.8) is 0 Å². The first-order chi connectivity index (χ1) is 9.41. The number of piperidine rings is 1. The molecule has 1 saturated heterocycles. The van der Waals surface area contributed by atoms with Crippen LogP contribution in [0, 0.1) is 11.3 Å². The molecule has 1 aliphatic rings. The van der Waals surface area contributed by atoms with Crippen LogP contribution in [0.1, 0.15) is 40.0 Å². The lowest BCUT2D eigenvalue weighted by atomic mass is 9.77. The molecule has 0 spiro atoms. The molecule has 0 aromatic rings. The van der Waals surface area contributed by atoms with Crippen LogP contribution in [0.3, 0.4) is 0 Å². The van der Waals surface area contributed by atoms with Crippen LogP contribution in [0.2, 0.25) is 0 Å². The predicted octanol–water partition coefficient (Wildman–Crippen LogP) is 1.81. The van der Waals surface area contributed by atoms with E-state index in [1.54, 1.807) is 0 Å². The number of rotatable bonds is 7. The van der Waals surface area contributed by atoms with E-state index in [4.69, 9.17) is 0 Å². The molecule has 1 unspecified atom stereocenters. The molecule has 4 nitrogen and oxygen atoms in total. The average Bonchev–Trinajstić information content (AvgIpc) is 2.42. The number of likely N-dealkylation sites (N-methyl/N-ethyl adjacent to an activating group) is 1. The molecule has 1 aliphatic heterocycles. The van der Waals surface area contributed by atoms with Crippen LogP contribution in [-0.4, -0.2) is 62.5 Å². The van der Waals surface area contributed by atoms with E-state index in [9.17, 15) is 4.79 Å². The Bertz CT molecular complexity index is 296. The van der Waals surface area contributed by atoms with Gasteiger partial charge >= 0.3 is 0 Å². The number of nitrogens with one attached hydrogen (secondary N) is 1. The van der Waals surface area contributed by atoms with E-state index >= 15 is 0 Å². The third kappa shape index (κ3) is 4.74. The molecular formula is C16H33N3O. The van der Waals surface area contributed by atoms with Gasteiger partial charge in [0.25, 0.3) is 0 Å². The molecular weight excluding hydrogens is 250 g/mol. The molecule has 0 aliphatic carbocycles. The normalized spacial score (nSPS) is 23.4. The highest BCUT2D eigenvalue weighted by Crippen LogP contribution is 2.32. The van der Waals surface area contributed by atoms with Gasteiger partial charge in [-0.2, -0.15) is 0 Å². The summed E-state index contributed by atoms with van der Waals surface area (Å²) in [6.45, 7) is 11.1. The van der Waals surface area contributed by atoms with Crippen molar-refractivity contribution in [2.24, 2.45) is 11.3 Å². The lowest BCUT2D eigenvalue weighted by Crippen LogP contribution is -2.53. The van der Waals surface area contributed by atoms with Gasteiger partial charge in [-0.15, -0.1) is 0 Å². The smallest absolute Gasteiger partial charge is 0.230 e. The van der Waals surface area contributed by atoms with Gasteiger partial charge in [0.2, 0.25) is 5.91 Å². The van der Waals surface area contributed by atoms with Crippen LogP contribution in [0.4, 0.5) is 0 Å². The van der Waals surface area contributed by atoms with Gasteiger partial charge in [-0.25, -0.2) is 0 Å². The summed E-state index contributed by atoms with van der Waals surface area (Å²) in [5.74, 6) is 0.884. The lowest BCUT2D eigenvalue weighted by Gasteiger charge is -2.40. The standard InChI is InChI=1S/C16H33N3O/c1-6-16(8-7-9-17-13-16)15(20)19(12-14(2)3)11-10-18(4)5/h14,17H,6-13H2,1-5H3. The third-order valence-corrected chi connectivity index (χ3v) is 4.29. The Morgan fingerprint density at radius 1 is 1.30 bits per heavy atom. The van der Waals surface area contributed by atoms with Crippen LogP contribution in [0.5, 0.6) is 0 Å². The number of carbonyl (C=O) groups is 1. The highest BCUT2D eigenvalue weighted by molar-refractivity contribution is 5.83. The Hall–Kier alpha value is -0.610. The Morgan fingerprint density at radius 2 is 2.00 bits per heavy atom. The molecule has 1 atom stereocenters. The summed E-state index contributed by atoms with van der Waals surface area (Å²) >= 11 is 0. The molecule has 1 N–H and O–H groups in total. The number of nitrogens with zero attached hydrogens (tertiary/aromatic N) is 2. The average molecular weight is 283 g/mol. The minimum atomic E-state index is -0.167. The van der Waals surface area contributed by atoms with Crippen molar-refractivity contribution in [1.82, 2.24) is 15.1 Å². The Labute approximate surface area is 124 Å². The van der Waals surface area contributed by atoms with E-state index in [0.717, 1.165) is 52.0 Å². The number of hydrogen-bond donors (Lipinski definition) is 1. The Balaban J connectivity index is 2.78. The van der Waals surface area contributed by atoms with E-state index in [-0.39, 0.29) is 5.41 Å². The van der Waals surface area contributed by atoms with Gasteiger partial charge in [0, 0.05) is 26.2 Å². The summed E-state index contributed by atoms with van der Waals surface area (Å²) in [6.07, 6.45) is 3.09. The molecule has 1 amide bonds. The third-order valence-electron chi connectivity index (χ3n) is 4.29. The highest BCUT2D eigenvalue weighted by Gasteiger charge is 2.40. The van der Waals surface area contributed by atoms with E-state index in [0.29, 0.717) is 11.8 Å². The maximum atomic E-state index is 13.1.